The van der Waals surface area contributed by atoms with E-state index in [1.807, 2.05) is 0 Å². The Kier molecular flexibility index (Phi) is 3.91. The monoisotopic (exact) mass is 218 g/mol. The third-order valence-corrected chi connectivity index (χ3v) is 4.20. The quantitative estimate of drug-likeness (QED) is 0.623. The maximum absolute atomic E-state index is 3.66. The summed E-state index contributed by atoms with van der Waals surface area (Å²) in [5.41, 5.74) is 0.704. The second-order valence-electron chi connectivity index (χ2n) is 3.94. The molecule has 0 spiro atoms. The molecule has 1 fully saturated rings. The lowest BCUT2D eigenvalue weighted by Gasteiger charge is -2.25. The van der Waals surface area contributed by atoms with Crippen LogP contribution in [-0.2, 0) is 0 Å². The highest BCUT2D eigenvalue weighted by Crippen LogP contribution is 2.43. The van der Waals surface area contributed by atoms with Crippen LogP contribution < -0.4 is 0 Å². The van der Waals surface area contributed by atoms with E-state index in [1.165, 1.54) is 50.3 Å². The minimum atomic E-state index is 0.704. The molecule has 1 heteroatoms. The van der Waals surface area contributed by atoms with E-state index in [0.29, 0.717) is 5.41 Å². The predicted octanol–water partition coefficient (Wildman–Crippen LogP) is 4.13. The van der Waals surface area contributed by atoms with E-state index in [1.54, 1.807) is 0 Å². The first-order valence-corrected chi connectivity index (χ1v) is 6.01. The van der Waals surface area contributed by atoms with Gasteiger partial charge in [0, 0.05) is 5.33 Å². The van der Waals surface area contributed by atoms with Crippen molar-refractivity contribution < 1.29 is 0 Å². The zero-order valence-corrected chi connectivity index (χ0v) is 9.12. The van der Waals surface area contributed by atoms with Gasteiger partial charge in [-0.2, -0.15) is 0 Å². The summed E-state index contributed by atoms with van der Waals surface area (Å²) in [7, 11) is 0. The lowest BCUT2D eigenvalue weighted by atomic mass is 9.83. The molecule has 1 rings (SSSR count). The van der Waals surface area contributed by atoms with Gasteiger partial charge >= 0.3 is 0 Å². The summed E-state index contributed by atoms with van der Waals surface area (Å²) in [5.74, 6) is 0. The highest BCUT2D eigenvalue weighted by molar-refractivity contribution is 9.09. The highest BCUT2D eigenvalue weighted by Gasteiger charge is 2.31. The molecule has 0 aromatic heterocycles. The van der Waals surface area contributed by atoms with Crippen molar-refractivity contribution in [2.75, 3.05) is 5.33 Å². The van der Waals surface area contributed by atoms with Crippen molar-refractivity contribution in [1.82, 2.24) is 0 Å². The summed E-state index contributed by atoms with van der Waals surface area (Å²) in [5, 5.41) is 1.24. The minimum Gasteiger partial charge on any atom is -0.0922 e. The number of hydrogen-bond donors (Lipinski definition) is 0. The van der Waals surface area contributed by atoms with Crippen LogP contribution in [0.3, 0.4) is 0 Å². The molecule has 0 aromatic carbocycles. The molecule has 0 amide bonds. The Labute approximate surface area is 78.9 Å². The van der Waals surface area contributed by atoms with Crippen LogP contribution in [-0.4, -0.2) is 5.33 Å². The first kappa shape index (κ1) is 9.57. The first-order valence-electron chi connectivity index (χ1n) is 4.89. The minimum absolute atomic E-state index is 0.704. The van der Waals surface area contributed by atoms with Crippen LogP contribution in [0.25, 0.3) is 0 Å². The molecule has 0 unspecified atom stereocenters. The Morgan fingerprint density at radius 3 is 2.36 bits per heavy atom. The van der Waals surface area contributed by atoms with E-state index < -0.39 is 0 Å². The van der Waals surface area contributed by atoms with Crippen LogP contribution in [0, 0.1) is 5.41 Å². The van der Waals surface area contributed by atoms with E-state index in [2.05, 4.69) is 22.9 Å². The van der Waals surface area contributed by atoms with Crippen molar-refractivity contribution in [3.05, 3.63) is 0 Å². The fraction of sp³-hybridized carbons (Fsp3) is 1.00. The van der Waals surface area contributed by atoms with E-state index in [4.69, 9.17) is 0 Å². The molecule has 0 heterocycles. The van der Waals surface area contributed by atoms with Gasteiger partial charge in [-0.05, 0) is 24.7 Å². The summed E-state index contributed by atoms with van der Waals surface area (Å²) >= 11 is 3.66. The van der Waals surface area contributed by atoms with Gasteiger partial charge in [0.05, 0.1) is 0 Å². The Morgan fingerprint density at radius 1 is 1.27 bits per heavy atom. The molecule has 1 aliphatic carbocycles. The lowest BCUT2D eigenvalue weighted by Crippen LogP contribution is -2.17. The lowest BCUT2D eigenvalue weighted by molar-refractivity contribution is 0.309. The van der Waals surface area contributed by atoms with Crippen molar-refractivity contribution in [1.29, 1.82) is 0 Å². The number of alkyl halides is 1. The number of unbranched alkanes of at least 4 members (excludes halogenated alkanes) is 1. The van der Waals surface area contributed by atoms with E-state index in [-0.39, 0.29) is 0 Å². The third-order valence-electron chi connectivity index (χ3n) is 3.01. The Balaban J connectivity index is 2.33. The van der Waals surface area contributed by atoms with Gasteiger partial charge in [-0.25, -0.2) is 0 Å². The Hall–Kier alpha value is 0.480. The van der Waals surface area contributed by atoms with E-state index >= 15 is 0 Å². The SMILES string of the molecule is CCCCC1(CBr)CCCC1. The van der Waals surface area contributed by atoms with Crippen LogP contribution in [0.15, 0.2) is 0 Å². The standard InChI is InChI=1S/C10H19Br/c1-2-3-6-10(9-11)7-4-5-8-10/h2-9H2,1H3. The van der Waals surface area contributed by atoms with Crippen LogP contribution in [0.2, 0.25) is 0 Å². The van der Waals surface area contributed by atoms with Crippen LogP contribution >= 0.6 is 15.9 Å². The van der Waals surface area contributed by atoms with Crippen LogP contribution in [0.5, 0.6) is 0 Å². The van der Waals surface area contributed by atoms with Gasteiger partial charge in [-0.15, -0.1) is 0 Å². The van der Waals surface area contributed by atoms with Gasteiger partial charge in [0.15, 0.2) is 0 Å². The molecule has 1 saturated carbocycles. The normalized spacial score (nSPS) is 22.4. The van der Waals surface area contributed by atoms with Gasteiger partial charge in [-0.1, -0.05) is 48.5 Å². The number of halogens is 1. The zero-order chi connectivity index (χ0) is 8.16. The smallest absolute Gasteiger partial charge is 0.00879 e. The van der Waals surface area contributed by atoms with Gasteiger partial charge < -0.3 is 0 Å². The Morgan fingerprint density at radius 2 is 1.91 bits per heavy atom. The second kappa shape index (κ2) is 4.49. The largest absolute Gasteiger partial charge is 0.0922 e. The number of hydrogen-bond acceptors (Lipinski definition) is 0. The average Bonchev–Trinajstić information content (AvgIpc) is 2.50. The molecule has 0 radical (unpaired) electrons. The number of rotatable bonds is 4. The molecule has 0 N–H and O–H groups in total. The van der Waals surface area contributed by atoms with Crippen molar-refractivity contribution >= 4 is 15.9 Å². The molecule has 0 atom stereocenters. The van der Waals surface area contributed by atoms with Crippen molar-refractivity contribution in [2.24, 2.45) is 5.41 Å². The van der Waals surface area contributed by atoms with Crippen molar-refractivity contribution in [3.63, 3.8) is 0 Å². The van der Waals surface area contributed by atoms with E-state index in [0.717, 1.165) is 0 Å². The van der Waals surface area contributed by atoms with Crippen LogP contribution in [0.1, 0.15) is 51.9 Å². The van der Waals surface area contributed by atoms with Crippen molar-refractivity contribution in [2.45, 2.75) is 51.9 Å². The fourth-order valence-corrected chi connectivity index (χ4v) is 2.97. The molecule has 0 bridgehead atoms. The summed E-state index contributed by atoms with van der Waals surface area (Å²) in [6.45, 7) is 2.29. The molecule has 1 aliphatic rings. The molecule has 0 aromatic rings. The van der Waals surface area contributed by atoms with Gasteiger partial charge in [0.25, 0.3) is 0 Å². The molecule has 66 valence electrons. The summed E-state index contributed by atoms with van der Waals surface area (Å²) in [6, 6.07) is 0. The molecular weight excluding hydrogens is 200 g/mol. The summed E-state index contributed by atoms with van der Waals surface area (Å²) in [4.78, 5) is 0. The van der Waals surface area contributed by atoms with Crippen LogP contribution in [0.4, 0.5) is 0 Å². The predicted molar refractivity (Wildman–Crippen MR) is 54.2 cm³/mol. The maximum Gasteiger partial charge on any atom is 0.00879 e. The van der Waals surface area contributed by atoms with Gasteiger partial charge in [0.2, 0.25) is 0 Å². The fourth-order valence-electron chi connectivity index (χ4n) is 2.13. The van der Waals surface area contributed by atoms with Gasteiger partial charge in [0.1, 0.15) is 0 Å². The zero-order valence-electron chi connectivity index (χ0n) is 7.53. The Bertz CT molecular complexity index is 103. The first-order chi connectivity index (χ1) is 5.33. The molecular formula is C10H19Br. The topological polar surface area (TPSA) is 0 Å². The summed E-state index contributed by atoms with van der Waals surface area (Å²) in [6.07, 6.45) is 10.1. The van der Waals surface area contributed by atoms with Gasteiger partial charge in [-0.3, -0.25) is 0 Å². The highest BCUT2D eigenvalue weighted by atomic mass is 79.9. The second-order valence-corrected chi connectivity index (χ2v) is 4.51. The maximum atomic E-state index is 3.66. The molecule has 11 heavy (non-hydrogen) atoms. The van der Waals surface area contributed by atoms with Crippen molar-refractivity contribution in [3.8, 4) is 0 Å². The molecule has 0 saturated heterocycles. The summed E-state index contributed by atoms with van der Waals surface area (Å²) < 4.78 is 0. The third kappa shape index (κ3) is 2.47. The molecule has 0 aliphatic heterocycles. The molecule has 0 nitrogen and oxygen atoms in total. The van der Waals surface area contributed by atoms with E-state index in [9.17, 15) is 0 Å². The average molecular weight is 219 g/mol.